The Hall–Kier alpha value is -5.64. The Morgan fingerprint density at radius 2 is 0.971 bits per heavy atom. The van der Waals surface area contributed by atoms with Crippen LogP contribution in [0.4, 0.5) is 11.4 Å². The largest absolute Gasteiger partial charge is 0.462 e. The van der Waals surface area contributed by atoms with Crippen LogP contribution in [0.2, 0.25) is 0 Å². The summed E-state index contributed by atoms with van der Waals surface area (Å²) in [6.07, 6.45) is 55.9. The van der Waals surface area contributed by atoms with Gasteiger partial charge in [-0.05, 0) is 147 Å². The van der Waals surface area contributed by atoms with Crippen LogP contribution >= 0.6 is 11.8 Å². The van der Waals surface area contributed by atoms with Crippen molar-refractivity contribution in [3.63, 3.8) is 0 Å². The number of hydrogen-bond donors (Lipinski definition) is 0. The number of rotatable bonds is 36. The molecule has 1 aliphatic heterocycles. The highest BCUT2D eigenvalue weighted by Crippen LogP contribution is 2.48. The molecule has 0 radical (unpaired) electrons. The van der Waals surface area contributed by atoms with Crippen molar-refractivity contribution in [2.75, 3.05) is 45.3 Å². The molecule has 9 heteroatoms. The highest BCUT2D eigenvalue weighted by atomic mass is 32.2. The number of esters is 3. The van der Waals surface area contributed by atoms with Crippen molar-refractivity contribution in [2.24, 2.45) is 0 Å². The number of allylic oxidation sites excluding steroid dienone is 20. The number of carbonyl (C=O) groups is 3. The highest BCUT2D eigenvalue weighted by Gasteiger charge is 2.26. The van der Waals surface area contributed by atoms with Crippen molar-refractivity contribution in [1.29, 1.82) is 0 Å². The molecule has 1 atom stereocenters. The first kappa shape index (κ1) is 58.7. The first-order chi connectivity index (χ1) is 34.3. The molecule has 378 valence electrons. The molecule has 0 N–H and O–H groups in total. The van der Waals surface area contributed by atoms with Crippen LogP contribution in [-0.2, 0) is 23.8 Å². The van der Waals surface area contributed by atoms with E-state index >= 15 is 0 Å². The highest BCUT2D eigenvalue weighted by molar-refractivity contribution is 7.99. The minimum Gasteiger partial charge on any atom is -0.462 e. The molecule has 0 saturated carbocycles. The van der Waals surface area contributed by atoms with Crippen molar-refractivity contribution in [1.82, 2.24) is 4.90 Å². The van der Waals surface area contributed by atoms with Crippen LogP contribution in [0.1, 0.15) is 133 Å². The zero-order valence-electron chi connectivity index (χ0n) is 42.8. The number of hydrogen-bond acceptors (Lipinski definition) is 9. The van der Waals surface area contributed by atoms with Gasteiger partial charge in [-0.25, -0.2) is 4.79 Å². The van der Waals surface area contributed by atoms with E-state index in [1.165, 1.54) is 0 Å². The SMILES string of the molecule is CC/C=C/C/C=C/C/C=C\C/C=C\C/C=C/CCCC(=O)OCC(COC(=O)CCC/C=C/C/C=C/C/C=C/C/C=C/C/C=C/CC)OC(=O)c1ccc2c(c1)N(CCCN(C)C)c1ccccc1S2. The molecule has 0 fully saturated rings. The molecule has 0 amide bonds. The molecular formula is C61H82N2O6S. The molecule has 0 aromatic heterocycles. The van der Waals surface area contributed by atoms with Gasteiger partial charge in [0.2, 0.25) is 0 Å². The summed E-state index contributed by atoms with van der Waals surface area (Å²) in [5, 5.41) is 0. The van der Waals surface area contributed by atoms with Gasteiger partial charge in [0.15, 0.2) is 6.10 Å². The standard InChI is InChI=1S/C61H82N2O6S/c1-5-7-9-11-13-15-17-19-21-23-25-27-29-31-33-35-37-44-59(64)67-51-54(52-68-60(65)45-38-36-34-32-30-28-26-24-22-20-18-16-14-12-10-8-6-2)69-61(66)53-46-47-58-56(50-53)63(49-41-48-62(3)4)55-42-39-40-43-57(55)70-58/h7-10,13-16,19-22,25-28,31-34,39-40,42-43,46-47,50,54H,5-6,11-12,17-18,23-24,29-30,35-38,41,44-45,48-49,51-52H2,1-4H3/b9-7+,10-8+,15-13+,16-14+,21-19-,22-20+,27-25-,28-26+,33-31+,34-32+. The fourth-order valence-corrected chi connectivity index (χ4v) is 8.14. The first-order valence-corrected chi connectivity index (χ1v) is 26.5. The molecular weight excluding hydrogens is 889 g/mol. The molecule has 1 heterocycles. The van der Waals surface area contributed by atoms with Gasteiger partial charge in [0.05, 0.1) is 16.9 Å². The maximum atomic E-state index is 13.8. The summed E-state index contributed by atoms with van der Waals surface area (Å²) in [5.41, 5.74) is 2.41. The molecule has 8 nitrogen and oxygen atoms in total. The van der Waals surface area contributed by atoms with Crippen molar-refractivity contribution in [3.05, 3.63) is 170 Å². The lowest BCUT2D eigenvalue weighted by atomic mass is 10.1. The van der Waals surface area contributed by atoms with Crippen LogP contribution in [0.25, 0.3) is 0 Å². The monoisotopic (exact) mass is 971 g/mol. The van der Waals surface area contributed by atoms with Crippen molar-refractivity contribution >= 4 is 41.0 Å². The molecule has 1 aliphatic rings. The van der Waals surface area contributed by atoms with E-state index in [1.54, 1.807) is 17.8 Å². The number of fused-ring (bicyclic) bond motifs is 2. The summed E-state index contributed by atoms with van der Waals surface area (Å²) in [6, 6.07) is 13.9. The van der Waals surface area contributed by atoms with E-state index in [-0.39, 0.29) is 26.1 Å². The number of benzene rings is 2. The predicted octanol–water partition coefficient (Wildman–Crippen LogP) is 15.7. The predicted molar refractivity (Wildman–Crippen MR) is 295 cm³/mol. The Balaban J connectivity index is 1.49. The fraction of sp³-hybridized carbons (Fsp3) is 0.426. The van der Waals surface area contributed by atoms with Gasteiger partial charge >= 0.3 is 17.9 Å². The van der Waals surface area contributed by atoms with Crippen LogP contribution in [-0.4, -0.2) is 69.3 Å². The Morgan fingerprint density at radius 3 is 1.43 bits per heavy atom. The zero-order valence-corrected chi connectivity index (χ0v) is 43.6. The van der Waals surface area contributed by atoms with Gasteiger partial charge in [-0.15, -0.1) is 0 Å². The maximum Gasteiger partial charge on any atom is 0.338 e. The molecule has 1 unspecified atom stereocenters. The van der Waals surface area contributed by atoms with Crippen molar-refractivity contribution in [2.45, 2.75) is 139 Å². The summed E-state index contributed by atoms with van der Waals surface area (Å²) in [5.74, 6) is -1.36. The lowest BCUT2D eigenvalue weighted by Crippen LogP contribution is -2.31. The first-order valence-electron chi connectivity index (χ1n) is 25.7. The van der Waals surface area contributed by atoms with Crippen molar-refractivity contribution in [3.8, 4) is 0 Å². The Morgan fingerprint density at radius 1 is 0.543 bits per heavy atom. The number of carbonyl (C=O) groups excluding carboxylic acids is 3. The molecule has 3 rings (SSSR count). The normalized spacial score (nSPS) is 13.6. The topological polar surface area (TPSA) is 85.4 Å². The van der Waals surface area contributed by atoms with E-state index in [2.05, 4.69) is 171 Å². The average Bonchev–Trinajstić information content (AvgIpc) is 3.36. The van der Waals surface area contributed by atoms with Crippen LogP contribution in [0.3, 0.4) is 0 Å². The molecule has 0 bridgehead atoms. The fourth-order valence-electron chi connectivity index (χ4n) is 7.06. The van der Waals surface area contributed by atoms with Crippen LogP contribution in [0, 0.1) is 0 Å². The van der Waals surface area contributed by atoms with E-state index < -0.39 is 24.0 Å². The Kier molecular flexibility index (Phi) is 32.8. The minimum absolute atomic E-state index is 0.218. The van der Waals surface area contributed by atoms with Gasteiger partial charge in [-0.3, -0.25) is 9.59 Å². The molecule has 0 spiro atoms. The Bertz CT molecular complexity index is 2020. The number of ether oxygens (including phenoxy) is 3. The zero-order chi connectivity index (χ0) is 50.1. The third-order valence-corrected chi connectivity index (χ3v) is 11.9. The van der Waals surface area contributed by atoms with Gasteiger partial charge in [0, 0.05) is 29.2 Å². The maximum absolute atomic E-state index is 13.8. The third kappa shape index (κ3) is 27.5. The smallest absolute Gasteiger partial charge is 0.338 e. The van der Waals surface area contributed by atoms with E-state index in [1.807, 2.05) is 24.3 Å². The van der Waals surface area contributed by atoms with Crippen LogP contribution < -0.4 is 4.90 Å². The van der Waals surface area contributed by atoms with E-state index in [4.69, 9.17) is 14.2 Å². The molecule has 70 heavy (non-hydrogen) atoms. The summed E-state index contributed by atoms with van der Waals surface area (Å²) >= 11 is 1.68. The van der Waals surface area contributed by atoms with Gasteiger partial charge in [0.25, 0.3) is 0 Å². The molecule has 2 aromatic rings. The van der Waals surface area contributed by atoms with Crippen LogP contribution in [0.15, 0.2) is 174 Å². The average molecular weight is 971 g/mol. The Labute approximate surface area is 426 Å². The van der Waals surface area contributed by atoms with Gasteiger partial charge in [0.1, 0.15) is 13.2 Å². The van der Waals surface area contributed by atoms with Crippen molar-refractivity contribution < 1.29 is 28.6 Å². The summed E-state index contributed by atoms with van der Waals surface area (Å²) < 4.78 is 17.2. The molecule has 0 aliphatic carbocycles. The summed E-state index contributed by atoms with van der Waals surface area (Å²) in [4.78, 5) is 46.2. The number of nitrogens with zero attached hydrogens (tertiary/aromatic N) is 2. The van der Waals surface area contributed by atoms with E-state index in [9.17, 15) is 14.4 Å². The van der Waals surface area contributed by atoms with E-state index in [0.29, 0.717) is 18.4 Å². The van der Waals surface area contributed by atoms with E-state index in [0.717, 1.165) is 118 Å². The van der Waals surface area contributed by atoms with Gasteiger partial charge < -0.3 is 24.0 Å². The van der Waals surface area contributed by atoms with Gasteiger partial charge in [-0.1, -0.05) is 159 Å². The second-order valence-corrected chi connectivity index (χ2v) is 18.2. The third-order valence-electron chi connectivity index (χ3n) is 10.8. The lowest BCUT2D eigenvalue weighted by Gasteiger charge is -2.33. The van der Waals surface area contributed by atoms with Gasteiger partial charge in [-0.2, -0.15) is 0 Å². The second-order valence-electron chi connectivity index (χ2n) is 17.2. The number of unbranched alkanes of at least 4 members (excludes halogenated alkanes) is 2. The second kappa shape index (κ2) is 39.1. The molecule has 0 saturated heterocycles. The number of anilines is 2. The quantitative estimate of drug-likeness (QED) is 0.0287. The van der Waals surface area contributed by atoms with Crippen LogP contribution in [0.5, 0.6) is 0 Å². The summed E-state index contributed by atoms with van der Waals surface area (Å²) in [7, 11) is 4.13. The minimum atomic E-state index is -0.973. The number of para-hydroxylation sites is 1. The summed E-state index contributed by atoms with van der Waals surface area (Å²) in [6.45, 7) is 5.55. The lowest BCUT2D eigenvalue weighted by molar-refractivity contribution is -0.152. The molecule has 2 aromatic carbocycles.